The zero-order chi connectivity index (χ0) is 17.8. The van der Waals surface area contributed by atoms with Crippen LogP contribution in [0.3, 0.4) is 0 Å². The van der Waals surface area contributed by atoms with Crippen LogP contribution in [0.4, 0.5) is 0 Å². The van der Waals surface area contributed by atoms with E-state index in [9.17, 15) is 14.7 Å². The summed E-state index contributed by atoms with van der Waals surface area (Å²) in [6.07, 6.45) is 0.196. The van der Waals surface area contributed by atoms with Crippen LogP contribution in [0, 0.1) is 0 Å². The first-order valence-corrected chi connectivity index (χ1v) is 8.41. The molecule has 1 aliphatic heterocycles. The van der Waals surface area contributed by atoms with Crippen molar-refractivity contribution in [1.29, 1.82) is 0 Å². The van der Waals surface area contributed by atoms with Gasteiger partial charge in [-0.15, -0.1) is 0 Å². The zero-order valence-electron chi connectivity index (χ0n) is 13.8. The van der Waals surface area contributed by atoms with E-state index in [0.717, 1.165) is 11.1 Å². The third-order valence-corrected chi connectivity index (χ3v) is 4.58. The van der Waals surface area contributed by atoms with Crippen LogP contribution in [-0.2, 0) is 4.79 Å². The largest absolute Gasteiger partial charge is 0.481 e. The molecule has 2 aromatic rings. The van der Waals surface area contributed by atoms with E-state index in [2.05, 4.69) is 0 Å². The third-order valence-electron chi connectivity index (χ3n) is 4.58. The van der Waals surface area contributed by atoms with E-state index in [4.69, 9.17) is 5.11 Å². The highest BCUT2D eigenvalue weighted by atomic mass is 16.4. The third kappa shape index (κ3) is 4.06. The Kier molecular flexibility index (Phi) is 5.14. The number of carbonyl (C=O) groups excluding carboxylic acids is 1. The van der Waals surface area contributed by atoms with Crippen LogP contribution in [-0.4, -0.2) is 45.7 Å². The Bertz CT molecular complexity index is 742. The first kappa shape index (κ1) is 17.2. The number of hydrogen-bond acceptors (Lipinski definition) is 3. The maximum atomic E-state index is 12.8. The molecule has 1 amide bonds. The smallest absolute Gasteiger partial charge is 0.303 e. The first-order valence-electron chi connectivity index (χ1n) is 8.41. The molecule has 0 spiro atoms. The van der Waals surface area contributed by atoms with E-state index in [1.807, 2.05) is 42.5 Å². The zero-order valence-corrected chi connectivity index (χ0v) is 13.8. The predicted octanol–water partition coefficient (Wildman–Crippen LogP) is 2.79. The summed E-state index contributed by atoms with van der Waals surface area (Å²) in [7, 11) is 0. The monoisotopic (exact) mass is 339 g/mol. The molecular weight excluding hydrogens is 318 g/mol. The molecule has 1 heterocycles. The summed E-state index contributed by atoms with van der Waals surface area (Å²) < 4.78 is 0. The molecule has 1 saturated heterocycles. The molecule has 3 rings (SSSR count). The van der Waals surface area contributed by atoms with Gasteiger partial charge in [-0.3, -0.25) is 9.59 Å². The van der Waals surface area contributed by atoms with Gasteiger partial charge >= 0.3 is 5.97 Å². The van der Waals surface area contributed by atoms with Crippen molar-refractivity contribution in [3.63, 3.8) is 0 Å². The van der Waals surface area contributed by atoms with Gasteiger partial charge in [-0.2, -0.15) is 0 Å². The van der Waals surface area contributed by atoms with Crippen molar-refractivity contribution in [1.82, 2.24) is 4.90 Å². The molecule has 1 aliphatic rings. The molecule has 0 aromatic heterocycles. The highest BCUT2D eigenvalue weighted by molar-refractivity contribution is 5.95. The molecule has 2 aromatic carbocycles. The van der Waals surface area contributed by atoms with Crippen LogP contribution in [0.1, 0.15) is 29.6 Å². The Morgan fingerprint density at radius 2 is 1.64 bits per heavy atom. The standard InChI is InChI=1S/C20H21NO4/c22-18-12-17(10-11-19(23)24)21(13-18)20(25)16-8-6-15(7-9-16)14-4-2-1-3-5-14/h1-9,17-18,22H,10-13H2,(H,23,24)/t17?,18-/m0/s1. The number of aliphatic carboxylic acids is 1. The summed E-state index contributed by atoms with van der Waals surface area (Å²) in [5, 5.41) is 18.7. The number of aliphatic hydroxyl groups excluding tert-OH is 1. The predicted molar refractivity (Wildman–Crippen MR) is 94.2 cm³/mol. The number of amides is 1. The van der Waals surface area contributed by atoms with E-state index in [1.165, 1.54) is 0 Å². The Morgan fingerprint density at radius 1 is 1.00 bits per heavy atom. The van der Waals surface area contributed by atoms with Gasteiger partial charge in [0.25, 0.3) is 5.91 Å². The number of hydrogen-bond donors (Lipinski definition) is 2. The summed E-state index contributed by atoms with van der Waals surface area (Å²) >= 11 is 0. The molecule has 2 N–H and O–H groups in total. The maximum Gasteiger partial charge on any atom is 0.303 e. The van der Waals surface area contributed by atoms with E-state index >= 15 is 0 Å². The number of carboxylic acids is 1. The second-order valence-corrected chi connectivity index (χ2v) is 6.38. The van der Waals surface area contributed by atoms with Crippen molar-refractivity contribution >= 4 is 11.9 Å². The number of likely N-dealkylation sites (tertiary alicyclic amines) is 1. The summed E-state index contributed by atoms with van der Waals surface area (Å²) in [6, 6.07) is 17.0. The quantitative estimate of drug-likeness (QED) is 0.878. The number of β-amino-alcohol motifs (C(OH)–C–C–N with tert-alkyl or cyclic N) is 1. The van der Waals surface area contributed by atoms with Crippen molar-refractivity contribution in [3.05, 3.63) is 60.2 Å². The number of carboxylic acid groups (broad SMARTS) is 1. The van der Waals surface area contributed by atoms with Crippen LogP contribution >= 0.6 is 0 Å². The van der Waals surface area contributed by atoms with E-state index in [0.29, 0.717) is 18.4 Å². The van der Waals surface area contributed by atoms with Crippen LogP contribution in [0.25, 0.3) is 11.1 Å². The van der Waals surface area contributed by atoms with Crippen LogP contribution < -0.4 is 0 Å². The van der Waals surface area contributed by atoms with E-state index in [1.54, 1.807) is 17.0 Å². The first-order chi connectivity index (χ1) is 12.0. The van der Waals surface area contributed by atoms with Gasteiger partial charge in [0.05, 0.1) is 6.10 Å². The Balaban J connectivity index is 1.74. The second kappa shape index (κ2) is 7.49. The molecular formula is C20H21NO4. The number of aliphatic hydroxyl groups is 1. The van der Waals surface area contributed by atoms with Crippen molar-refractivity contribution in [2.24, 2.45) is 0 Å². The summed E-state index contributed by atoms with van der Waals surface area (Å²) in [5.74, 6) is -1.05. The summed E-state index contributed by atoms with van der Waals surface area (Å²) in [4.78, 5) is 25.2. The van der Waals surface area contributed by atoms with Gasteiger partial charge < -0.3 is 15.1 Å². The Hall–Kier alpha value is -2.66. The Labute approximate surface area is 146 Å². The number of rotatable bonds is 5. The number of nitrogens with zero attached hydrogens (tertiary/aromatic N) is 1. The van der Waals surface area contributed by atoms with E-state index < -0.39 is 12.1 Å². The van der Waals surface area contributed by atoms with Gasteiger partial charge in [0.15, 0.2) is 0 Å². The number of carbonyl (C=O) groups is 2. The minimum atomic E-state index is -0.888. The minimum absolute atomic E-state index is 0.00584. The summed E-state index contributed by atoms with van der Waals surface area (Å²) in [5.41, 5.74) is 2.66. The van der Waals surface area contributed by atoms with Crippen molar-refractivity contribution < 1.29 is 19.8 Å². The fraction of sp³-hybridized carbons (Fsp3) is 0.300. The topological polar surface area (TPSA) is 77.8 Å². The maximum absolute atomic E-state index is 12.8. The molecule has 2 atom stereocenters. The van der Waals surface area contributed by atoms with Crippen LogP contribution in [0.2, 0.25) is 0 Å². The van der Waals surface area contributed by atoms with Crippen LogP contribution in [0.5, 0.6) is 0 Å². The van der Waals surface area contributed by atoms with Gasteiger partial charge in [-0.05, 0) is 36.1 Å². The molecule has 25 heavy (non-hydrogen) atoms. The van der Waals surface area contributed by atoms with Gasteiger partial charge in [-0.1, -0.05) is 42.5 Å². The second-order valence-electron chi connectivity index (χ2n) is 6.38. The normalized spacial score (nSPS) is 19.8. The van der Waals surface area contributed by atoms with Crippen molar-refractivity contribution in [2.45, 2.75) is 31.4 Å². The molecule has 0 bridgehead atoms. The molecule has 1 fully saturated rings. The lowest BCUT2D eigenvalue weighted by Crippen LogP contribution is -2.36. The molecule has 5 nitrogen and oxygen atoms in total. The lowest BCUT2D eigenvalue weighted by molar-refractivity contribution is -0.137. The summed E-state index contributed by atoms with van der Waals surface area (Å²) in [6.45, 7) is 0.254. The van der Waals surface area contributed by atoms with Gasteiger partial charge in [0.2, 0.25) is 0 Å². The van der Waals surface area contributed by atoms with Gasteiger partial charge in [-0.25, -0.2) is 0 Å². The SMILES string of the molecule is O=C(O)CCC1C[C@H](O)CN1C(=O)c1ccc(-c2ccccc2)cc1. The average Bonchev–Trinajstić information content (AvgIpc) is 3.01. The molecule has 5 heteroatoms. The van der Waals surface area contributed by atoms with Crippen molar-refractivity contribution in [3.8, 4) is 11.1 Å². The highest BCUT2D eigenvalue weighted by Crippen LogP contribution is 2.25. The average molecular weight is 339 g/mol. The van der Waals surface area contributed by atoms with Crippen molar-refractivity contribution in [2.75, 3.05) is 6.54 Å². The minimum Gasteiger partial charge on any atom is -0.481 e. The Morgan fingerprint density at radius 3 is 2.28 bits per heavy atom. The molecule has 130 valence electrons. The molecule has 0 radical (unpaired) electrons. The fourth-order valence-electron chi connectivity index (χ4n) is 3.31. The lowest BCUT2D eigenvalue weighted by atomic mass is 10.0. The molecule has 0 aliphatic carbocycles. The lowest BCUT2D eigenvalue weighted by Gasteiger charge is -2.24. The number of benzene rings is 2. The van der Waals surface area contributed by atoms with Gasteiger partial charge in [0, 0.05) is 24.6 Å². The molecule has 0 saturated carbocycles. The molecule has 1 unspecified atom stereocenters. The van der Waals surface area contributed by atoms with Gasteiger partial charge in [0.1, 0.15) is 0 Å². The highest BCUT2D eigenvalue weighted by Gasteiger charge is 2.34. The van der Waals surface area contributed by atoms with Crippen LogP contribution in [0.15, 0.2) is 54.6 Å². The fourth-order valence-corrected chi connectivity index (χ4v) is 3.31. The van der Waals surface area contributed by atoms with E-state index in [-0.39, 0.29) is 24.9 Å².